The molecule has 242 valence electrons. The van der Waals surface area contributed by atoms with E-state index in [4.69, 9.17) is 16.3 Å². The van der Waals surface area contributed by atoms with Crippen molar-refractivity contribution in [2.24, 2.45) is 5.92 Å². The van der Waals surface area contributed by atoms with Crippen molar-refractivity contribution >= 4 is 39.1 Å². The zero-order chi connectivity index (χ0) is 33.3. The number of halogens is 2. The maximum atomic E-state index is 14.4. The molecular weight excluding hydrogens is 629 g/mol. The van der Waals surface area contributed by atoms with Crippen LogP contribution in [0.25, 0.3) is 0 Å². The Morgan fingerprint density at radius 2 is 1.54 bits per heavy atom. The van der Waals surface area contributed by atoms with Gasteiger partial charge in [0.2, 0.25) is 11.8 Å². The van der Waals surface area contributed by atoms with Crippen LogP contribution in [0.15, 0.2) is 108 Å². The topological polar surface area (TPSA) is 96.0 Å². The zero-order valence-electron chi connectivity index (χ0n) is 25.9. The molecule has 11 heteroatoms. The van der Waals surface area contributed by atoms with Crippen molar-refractivity contribution in [3.8, 4) is 5.75 Å². The number of nitrogens with zero attached hydrogens (tertiary/aromatic N) is 2. The maximum absolute atomic E-state index is 14.4. The summed E-state index contributed by atoms with van der Waals surface area (Å²) in [4.78, 5) is 29.5. The van der Waals surface area contributed by atoms with E-state index in [1.165, 1.54) is 48.4 Å². The smallest absolute Gasteiger partial charge is 0.264 e. The van der Waals surface area contributed by atoms with Gasteiger partial charge in [0.15, 0.2) is 0 Å². The van der Waals surface area contributed by atoms with E-state index in [1.54, 1.807) is 24.3 Å². The first kappa shape index (κ1) is 34.5. The lowest BCUT2D eigenvalue weighted by molar-refractivity contribution is -0.140. The third kappa shape index (κ3) is 9.08. The SMILES string of the molecule is COc1ccc(S(=O)(=O)N(CC(=O)N(Cc2cccc(Cl)c2)C(Cc2ccccc2)C(=O)NCC(C)C)c2ccc(F)cc2)cc1. The average Bonchev–Trinajstić information content (AvgIpc) is 3.05. The highest BCUT2D eigenvalue weighted by Crippen LogP contribution is 2.27. The van der Waals surface area contributed by atoms with Crippen molar-refractivity contribution in [2.45, 2.75) is 37.8 Å². The summed E-state index contributed by atoms with van der Waals surface area (Å²) in [5.41, 5.74) is 1.55. The second kappa shape index (κ2) is 15.7. The van der Waals surface area contributed by atoms with E-state index < -0.39 is 34.3 Å². The number of rotatable bonds is 14. The Hall–Kier alpha value is -4.41. The molecule has 4 aromatic rings. The van der Waals surface area contributed by atoms with Gasteiger partial charge in [-0.05, 0) is 77.7 Å². The number of nitrogens with one attached hydrogen (secondary N) is 1. The summed E-state index contributed by atoms with van der Waals surface area (Å²) in [6.45, 7) is 3.63. The van der Waals surface area contributed by atoms with E-state index in [0.717, 1.165) is 22.0 Å². The predicted octanol–water partition coefficient (Wildman–Crippen LogP) is 6.10. The van der Waals surface area contributed by atoms with E-state index in [0.29, 0.717) is 22.9 Å². The molecule has 1 atom stereocenters. The minimum atomic E-state index is -4.34. The van der Waals surface area contributed by atoms with Crippen LogP contribution in [-0.4, -0.2) is 51.4 Å². The summed E-state index contributed by atoms with van der Waals surface area (Å²) in [5, 5.41) is 3.40. The number of anilines is 1. The highest BCUT2D eigenvalue weighted by molar-refractivity contribution is 7.92. The predicted molar refractivity (Wildman–Crippen MR) is 178 cm³/mol. The van der Waals surface area contributed by atoms with Crippen molar-refractivity contribution in [1.82, 2.24) is 10.2 Å². The van der Waals surface area contributed by atoms with Crippen LogP contribution in [0, 0.1) is 11.7 Å². The molecule has 0 aromatic heterocycles. The molecule has 8 nitrogen and oxygen atoms in total. The number of methoxy groups -OCH3 is 1. The van der Waals surface area contributed by atoms with Gasteiger partial charge in [-0.3, -0.25) is 13.9 Å². The molecule has 1 unspecified atom stereocenters. The first-order valence-corrected chi connectivity index (χ1v) is 16.6. The monoisotopic (exact) mass is 665 g/mol. The van der Waals surface area contributed by atoms with Gasteiger partial charge in [-0.2, -0.15) is 0 Å². The Morgan fingerprint density at radius 3 is 2.15 bits per heavy atom. The summed E-state index contributed by atoms with van der Waals surface area (Å²) in [6, 6.07) is 25.8. The van der Waals surface area contributed by atoms with Gasteiger partial charge in [-0.25, -0.2) is 12.8 Å². The van der Waals surface area contributed by atoms with Gasteiger partial charge in [-0.15, -0.1) is 0 Å². The van der Waals surface area contributed by atoms with E-state index in [-0.39, 0.29) is 35.4 Å². The molecule has 0 aliphatic heterocycles. The highest BCUT2D eigenvalue weighted by Gasteiger charge is 2.34. The Balaban J connectivity index is 1.79. The summed E-state index contributed by atoms with van der Waals surface area (Å²) in [7, 11) is -2.88. The molecule has 0 spiro atoms. The quantitative estimate of drug-likeness (QED) is 0.176. The van der Waals surface area contributed by atoms with Crippen LogP contribution in [-0.2, 0) is 32.6 Å². The number of hydrogen-bond acceptors (Lipinski definition) is 5. The van der Waals surface area contributed by atoms with Crippen LogP contribution in [0.2, 0.25) is 5.02 Å². The molecule has 46 heavy (non-hydrogen) atoms. The molecule has 0 saturated carbocycles. The summed E-state index contributed by atoms with van der Waals surface area (Å²) in [6.07, 6.45) is 0.179. The molecule has 0 fully saturated rings. The number of hydrogen-bond donors (Lipinski definition) is 1. The minimum Gasteiger partial charge on any atom is -0.497 e. The molecule has 2 amide bonds. The second-order valence-corrected chi connectivity index (χ2v) is 13.5. The van der Waals surface area contributed by atoms with Gasteiger partial charge in [0.1, 0.15) is 24.2 Å². The van der Waals surface area contributed by atoms with E-state index in [2.05, 4.69) is 5.32 Å². The standard InChI is InChI=1S/C35H37ClFN3O5S/c1-25(2)22-38-35(42)33(21-26-8-5-4-6-9-26)39(23-27-10-7-11-28(36)20-27)34(41)24-40(30-14-12-29(37)13-15-30)46(43,44)32-18-16-31(45-3)17-19-32/h4-20,25,33H,21-24H2,1-3H3,(H,38,42). The van der Waals surface area contributed by atoms with Crippen LogP contribution < -0.4 is 14.4 Å². The molecule has 0 bridgehead atoms. The van der Waals surface area contributed by atoms with E-state index >= 15 is 0 Å². The lowest BCUT2D eigenvalue weighted by Gasteiger charge is -2.34. The third-order valence-corrected chi connectivity index (χ3v) is 9.26. The maximum Gasteiger partial charge on any atom is 0.264 e. The van der Waals surface area contributed by atoms with Crippen LogP contribution in [0.1, 0.15) is 25.0 Å². The fourth-order valence-electron chi connectivity index (χ4n) is 4.82. The fraction of sp³-hybridized carbons (Fsp3) is 0.257. The molecule has 0 aliphatic rings. The average molecular weight is 666 g/mol. The van der Waals surface area contributed by atoms with Gasteiger partial charge in [0, 0.05) is 24.5 Å². The Morgan fingerprint density at radius 1 is 0.891 bits per heavy atom. The lowest BCUT2D eigenvalue weighted by atomic mass is 10.0. The van der Waals surface area contributed by atoms with Gasteiger partial charge in [-0.1, -0.05) is 67.9 Å². The lowest BCUT2D eigenvalue weighted by Crippen LogP contribution is -2.53. The highest BCUT2D eigenvalue weighted by atomic mass is 35.5. The van der Waals surface area contributed by atoms with Crippen molar-refractivity contribution in [2.75, 3.05) is 24.5 Å². The molecule has 0 saturated heterocycles. The number of carbonyl (C=O) groups is 2. The zero-order valence-corrected chi connectivity index (χ0v) is 27.5. The number of amides is 2. The number of sulfonamides is 1. The minimum absolute atomic E-state index is 0.0220. The number of benzene rings is 4. The first-order valence-electron chi connectivity index (χ1n) is 14.8. The molecular formula is C35H37ClFN3O5S. The van der Waals surface area contributed by atoms with E-state index in [1.807, 2.05) is 44.2 Å². The van der Waals surface area contributed by atoms with Crippen LogP contribution in [0.3, 0.4) is 0 Å². The van der Waals surface area contributed by atoms with Crippen molar-refractivity contribution in [3.63, 3.8) is 0 Å². The first-order chi connectivity index (χ1) is 22.0. The van der Waals surface area contributed by atoms with Gasteiger partial charge >= 0.3 is 0 Å². The van der Waals surface area contributed by atoms with Crippen LogP contribution in [0.5, 0.6) is 5.75 Å². The van der Waals surface area contributed by atoms with Gasteiger partial charge in [0.05, 0.1) is 17.7 Å². The van der Waals surface area contributed by atoms with Crippen molar-refractivity contribution in [3.05, 3.63) is 125 Å². The molecule has 0 aliphatic carbocycles. The summed E-state index contributed by atoms with van der Waals surface area (Å²) in [5.74, 6) is -0.972. The largest absolute Gasteiger partial charge is 0.497 e. The molecule has 4 rings (SSSR count). The molecule has 4 aromatic carbocycles. The van der Waals surface area contributed by atoms with Crippen molar-refractivity contribution in [1.29, 1.82) is 0 Å². The normalized spacial score (nSPS) is 12.0. The van der Waals surface area contributed by atoms with Crippen LogP contribution in [0.4, 0.5) is 10.1 Å². The van der Waals surface area contributed by atoms with Gasteiger partial charge < -0.3 is 15.0 Å². The third-order valence-electron chi connectivity index (χ3n) is 7.24. The van der Waals surface area contributed by atoms with Gasteiger partial charge in [0.25, 0.3) is 10.0 Å². The molecule has 0 heterocycles. The number of carbonyl (C=O) groups excluding carboxylic acids is 2. The summed E-state index contributed by atoms with van der Waals surface area (Å²) >= 11 is 6.28. The summed E-state index contributed by atoms with van der Waals surface area (Å²) < 4.78 is 48.2. The Kier molecular flexibility index (Phi) is 11.8. The molecule has 1 N–H and O–H groups in total. The van der Waals surface area contributed by atoms with E-state index in [9.17, 15) is 22.4 Å². The van der Waals surface area contributed by atoms with Crippen molar-refractivity contribution < 1.29 is 27.1 Å². The Bertz CT molecular complexity index is 1720. The van der Waals surface area contributed by atoms with Crippen LogP contribution >= 0.6 is 11.6 Å². The fourth-order valence-corrected chi connectivity index (χ4v) is 6.45. The number of ether oxygens (including phenoxy) is 1. The Labute approximate surface area is 274 Å². The second-order valence-electron chi connectivity index (χ2n) is 11.2. The molecule has 0 radical (unpaired) electrons.